The number of hydrogen-bond acceptors (Lipinski definition) is 2. The van der Waals surface area contributed by atoms with Crippen LogP contribution in [0.25, 0.3) is 22.7 Å². The third-order valence-corrected chi connectivity index (χ3v) is 3.65. The highest BCUT2D eigenvalue weighted by Crippen LogP contribution is 2.24. The maximum absolute atomic E-state index is 6.06. The summed E-state index contributed by atoms with van der Waals surface area (Å²) in [5.41, 5.74) is 3.50. The summed E-state index contributed by atoms with van der Waals surface area (Å²) in [6.45, 7) is 0. The van der Waals surface area contributed by atoms with Gasteiger partial charge in [-0.3, -0.25) is 8.80 Å². The third kappa shape index (κ3) is 1.69. The topological polar surface area (TPSA) is 34.6 Å². The monoisotopic (exact) mass is 302 g/mol. The lowest BCUT2D eigenvalue weighted by Crippen LogP contribution is -1.92. The largest absolute Gasteiger partial charge is 0.297 e. The quantitative estimate of drug-likeness (QED) is 0.533. The molecule has 0 saturated carbocycles. The van der Waals surface area contributed by atoms with Crippen molar-refractivity contribution in [1.82, 2.24) is 18.8 Å². The van der Waals surface area contributed by atoms with Gasteiger partial charge in [-0.2, -0.15) is 0 Å². The number of pyridine rings is 2. The molecule has 0 radical (unpaired) electrons. The highest BCUT2D eigenvalue weighted by molar-refractivity contribution is 6.30. The van der Waals surface area contributed by atoms with Crippen LogP contribution in [0.2, 0.25) is 10.0 Å². The van der Waals surface area contributed by atoms with E-state index in [9.17, 15) is 0 Å². The summed E-state index contributed by atoms with van der Waals surface area (Å²) < 4.78 is 3.87. The fraction of sp³-hybridized carbons (Fsp3) is 0. The zero-order valence-corrected chi connectivity index (χ0v) is 11.7. The van der Waals surface area contributed by atoms with E-state index in [0.29, 0.717) is 10.0 Å². The van der Waals surface area contributed by atoms with Gasteiger partial charge in [-0.05, 0) is 24.3 Å². The normalized spacial score (nSPS) is 11.5. The average molecular weight is 303 g/mol. The Morgan fingerprint density at radius 2 is 1.15 bits per heavy atom. The zero-order valence-electron chi connectivity index (χ0n) is 10.2. The Bertz CT molecular complexity index is 861. The van der Waals surface area contributed by atoms with Crippen molar-refractivity contribution in [2.75, 3.05) is 0 Å². The van der Waals surface area contributed by atoms with Gasteiger partial charge in [0.15, 0.2) is 0 Å². The molecule has 4 nitrogen and oxygen atoms in total. The summed E-state index contributed by atoms with van der Waals surface area (Å²) in [6, 6.07) is 7.39. The van der Waals surface area contributed by atoms with E-state index in [1.54, 1.807) is 12.4 Å². The lowest BCUT2D eigenvalue weighted by atomic mass is 10.3. The van der Waals surface area contributed by atoms with Crippen LogP contribution >= 0.6 is 23.2 Å². The molecule has 6 heteroatoms. The molecule has 98 valence electrons. The Morgan fingerprint density at radius 1 is 0.700 bits per heavy atom. The van der Waals surface area contributed by atoms with Gasteiger partial charge in [0.1, 0.15) is 11.3 Å². The van der Waals surface area contributed by atoms with Crippen molar-refractivity contribution in [3.8, 4) is 11.4 Å². The van der Waals surface area contributed by atoms with Crippen molar-refractivity contribution in [2.24, 2.45) is 0 Å². The smallest absolute Gasteiger partial charge is 0.137 e. The SMILES string of the molecule is Clc1ccc2ncc(-c3cnc4ccc(Cl)cn34)n2c1. The molecule has 20 heavy (non-hydrogen) atoms. The first kappa shape index (κ1) is 11.8. The minimum Gasteiger partial charge on any atom is -0.297 e. The minimum absolute atomic E-state index is 0.656. The molecule has 0 spiro atoms. The number of halogens is 2. The predicted molar refractivity (Wildman–Crippen MR) is 79.4 cm³/mol. The number of rotatable bonds is 1. The van der Waals surface area contributed by atoms with Gasteiger partial charge < -0.3 is 0 Å². The molecule has 0 aromatic carbocycles. The molecule has 0 N–H and O–H groups in total. The van der Waals surface area contributed by atoms with Crippen molar-refractivity contribution < 1.29 is 0 Å². The summed E-state index contributed by atoms with van der Waals surface area (Å²) in [7, 11) is 0. The van der Waals surface area contributed by atoms with Crippen LogP contribution in [0.15, 0.2) is 49.1 Å². The van der Waals surface area contributed by atoms with Crippen molar-refractivity contribution in [1.29, 1.82) is 0 Å². The fourth-order valence-electron chi connectivity index (χ4n) is 2.29. The number of imidazole rings is 2. The molecular formula is C14H8Cl2N4. The van der Waals surface area contributed by atoms with Gasteiger partial charge in [-0.1, -0.05) is 23.2 Å². The first-order valence-electron chi connectivity index (χ1n) is 5.98. The molecule has 0 aliphatic rings. The average Bonchev–Trinajstić information content (AvgIpc) is 3.01. The molecule has 4 aromatic heterocycles. The first-order valence-corrected chi connectivity index (χ1v) is 6.73. The Labute approximate surface area is 124 Å². The van der Waals surface area contributed by atoms with Gasteiger partial charge >= 0.3 is 0 Å². The summed E-state index contributed by atoms with van der Waals surface area (Å²) in [6.07, 6.45) is 7.28. The molecule has 0 atom stereocenters. The second-order valence-corrected chi connectivity index (χ2v) is 5.31. The van der Waals surface area contributed by atoms with Crippen LogP contribution in [0.4, 0.5) is 0 Å². The van der Waals surface area contributed by atoms with E-state index in [1.165, 1.54) is 0 Å². The van der Waals surface area contributed by atoms with E-state index in [-0.39, 0.29) is 0 Å². The van der Waals surface area contributed by atoms with E-state index in [4.69, 9.17) is 23.2 Å². The Kier molecular flexibility index (Phi) is 2.49. The molecule has 4 heterocycles. The van der Waals surface area contributed by atoms with E-state index in [1.807, 2.05) is 45.5 Å². The van der Waals surface area contributed by atoms with Crippen LogP contribution in [-0.2, 0) is 0 Å². The van der Waals surface area contributed by atoms with Crippen LogP contribution in [0, 0.1) is 0 Å². The molecule has 0 aliphatic carbocycles. The summed E-state index contributed by atoms with van der Waals surface area (Å²) in [4.78, 5) is 8.75. The van der Waals surface area contributed by atoms with E-state index < -0.39 is 0 Å². The van der Waals surface area contributed by atoms with Crippen molar-refractivity contribution in [3.05, 3.63) is 59.1 Å². The van der Waals surface area contributed by atoms with Gasteiger partial charge in [0.2, 0.25) is 0 Å². The number of aromatic nitrogens is 4. The van der Waals surface area contributed by atoms with Crippen LogP contribution in [0.5, 0.6) is 0 Å². The van der Waals surface area contributed by atoms with Crippen LogP contribution in [-0.4, -0.2) is 18.8 Å². The maximum Gasteiger partial charge on any atom is 0.137 e. The third-order valence-electron chi connectivity index (χ3n) is 3.20. The fourth-order valence-corrected chi connectivity index (χ4v) is 2.61. The predicted octanol–water partition coefficient (Wildman–Crippen LogP) is 3.96. The Morgan fingerprint density at radius 3 is 1.60 bits per heavy atom. The van der Waals surface area contributed by atoms with Crippen molar-refractivity contribution in [2.45, 2.75) is 0 Å². The Balaban J connectivity index is 2.06. The van der Waals surface area contributed by atoms with Crippen LogP contribution in [0.1, 0.15) is 0 Å². The molecule has 0 bridgehead atoms. The Hall–Kier alpha value is -2.04. The molecule has 0 aliphatic heterocycles. The summed E-state index contributed by atoms with van der Waals surface area (Å²) >= 11 is 12.1. The lowest BCUT2D eigenvalue weighted by molar-refractivity contribution is 1.13. The minimum atomic E-state index is 0.656. The van der Waals surface area contributed by atoms with Crippen LogP contribution < -0.4 is 0 Å². The first-order chi connectivity index (χ1) is 9.72. The second-order valence-electron chi connectivity index (χ2n) is 4.44. The van der Waals surface area contributed by atoms with Gasteiger partial charge in [0.05, 0.1) is 33.8 Å². The second kappa shape index (κ2) is 4.23. The maximum atomic E-state index is 6.06. The molecule has 0 amide bonds. The molecule has 0 fully saturated rings. The van der Waals surface area contributed by atoms with E-state index in [2.05, 4.69) is 9.97 Å². The molecule has 4 rings (SSSR count). The van der Waals surface area contributed by atoms with E-state index in [0.717, 1.165) is 22.7 Å². The molecule has 4 aromatic rings. The van der Waals surface area contributed by atoms with E-state index >= 15 is 0 Å². The van der Waals surface area contributed by atoms with Gasteiger partial charge in [-0.15, -0.1) is 0 Å². The molecular weight excluding hydrogens is 295 g/mol. The highest BCUT2D eigenvalue weighted by Gasteiger charge is 2.11. The van der Waals surface area contributed by atoms with Gasteiger partial charge in [-0.25, -0.2) is 9.97 Å². The van der Waals surface area contributed by atoms with Crippen molar-refractivity contribution >= 4 is 34.5 Å². The molecule has 0 saturated heterocycles. The number of nitrogens with zero attached hydrogens (tertiary/aromatic N) is 4. The van der Waals surface area contributed by atoms with Crippen molar-refractivity contribution in [3.63, 3.8) is 0 Å². The summed E-state index contributed by atoms with van der Waals surface area (Å²) in [5, 5.41) is 1.31. The van der Waals surface area contributed by atoms with Gasteiger partial charge in [0, 0.05) is 12.4 Å². The standard InChI is InChI=1S/C14H8Cl2N4/c15-9-1-3-13-17-5-11(19(13)7-9)12-6-18-14-4-2-10(16)8-20(12)14/h1-8H. The number of fused-ring (bicyclic) bond motifs is 2. The summed E-state index contributed by atoms with van der Waals surface area (Å²) in [5.74, 6) is 0. The number of hydrogen-bond donors (Lipinski definition) is 0. The molecule has 0 unspecified atom stereocenters. The lowest BCUT2D eigenvalue weighted by Gasteiger charge is -2.03. The zero-order chi connectivity index (χ0) is 13.7. The van der Waals surface area contributed by atoms with Gasteiger partial charge in [0.25, 0.3) is 0 Å². The highest BCUT2D eigenvalue weighted by atomic mass is 35.5. The van der Waals surface area contributed by atoms with Crippen LogP contribution in [0.3, 0.4) is 0 Å².